The Morgan fingerprint density at radius 3 is 1.88 bits per heavy atom. The second-order valence-corrected chi connectivity index (χ2v) is 12.0. The molecule has 50 heavy (non-hydrogen) atoms. The molecule has 0 saturated heterocycles. The third kappa shape index (κ3) is 13.0. The largest absolute Gasteiger partial charge is 0.491 e. The van der Waals surface area contributed by atoms with E-state index in [9.17, 15) is 35.9 Å². The lowest BCUT2D eigenvalue weighted by atomic mass is 10.0. The van der Waals surface area contributed by atoms with Crippen molar-refractivity contribution >= 4 is 11.9 Å². The van der Waals surface area contributed by atoms with E-state index in [0.717, 1.165) is 19.3 Å². The van der Waals surface area contributed by atoms with Gasteiger partial charge in [-0.3, -0.25) is 0 Å². The van der Waals surface area contributed by atoms with Crippen LogP contribution in [-0.4, -0.2) is 44.5 Å². The average Bonchev–Trinajstić information content (AvgIpc) is 3.08. The minimum atomic E-state index is -4.93. The minimum Gasteiger partial charge on any atom is -0.491 e. The maximum Gasteiger partial charge on any atom is 0.425 e. The molecule has 0 heterocycles. The molecule has 6 nitrogen and oxygen atoms in total. The van der Waals surface area contributed by atoms with E-state index < -0.39 is 59.4 Å². The van der Waals surface area contributed by atoms with Gasteiger partial charge in [-0.1, -0.05) is 76.5 Å². The van der Waals surface area contributed by atoms with E-state index in [2.05, 4.69) is 11.7 Å². The van der Waals surface area contributed by atoms with Crippen molar-refractivity contribution in [2.24, 2.45) is 0 Å². The van der Waals surface area contributed by atoms with Crippen molar-refractivity contribution in [1.82, 2.24) is 0 Å². The number of unbranched alkanes of at least 4 members (excludes halogenated alkanes) is 9. The monoisotopic (exact) mass is 710 g/mol. The zero-order valence-corrected chi connectivity index (χ0v) is 28.4. The van der Waals surface area contributed by atoms with Crippen molar-refractivity contribution in [3.05, 3.63) is 83.2 Å². The summed E-state index contributed by atoms with van der Waals surface area (Å²) in [6, 6.07) is 10.9. The second kappa shape index (κ2) is 20.6. The molecule has 0 aliphatic heterocycles. The van der Waals surface area contributed by atoms with Gasteiger partial charge in [-0.2, -0.15) is 13.2 Å². The summed E-state index contributed by atoms with van der Waals surface area (Å²) in [4.78, 5) is 25.0. The number of benzene rings is 3. The first-order valence-electron chi connectivity index (χ1n) is 16.9. The molecule has 3 aromatic carbocycles. The van der Waals surface area contributed by atoms with Gasteiger partial charge in [0, 0.05) is 19.8 Å². The summed E-state index contributed by atoms with van der Waals surface area (Å²) in [5.41, 5.74) is -0.0806. The number of carbonyl (C=O) groups excluding carboxylic acids is 2. The van der Waals surface area contributed by atoms with Gasteiger partial charge in [-0.05, 0) is 67.1 Å². The summed E-state index contributed by atoms with van der Waals surface area (Å²) >= 11 is 0. The number of methoxy groups -OCH3 is 1. The molecule has 274 valence electrons. The third-order valence-corrected chi connectivity index (χ3v) is 8.01. The number of rotatable bonds is 21. The van der Waals surface area contributed by atoms with Crippen molar-refractivity contribution < 1.29 is 54.9 Å². The Morgan fingerprint density at radius 1 is 0.660 bits per heavy atom. The van der Waals surface area contributed by atoms with Crippen LogP contribution in [0.5, 0.6) is 11.5 Å². The minimum absolute atomic E-state index is 0.00953. The van der Waals surface area contributed by atoms with Gasteiger partial charge in [0.15, 0.2) is 29.2 Å². The standard InChI is InChI=1S/C38H44F6O6/c1-3-4-5-6-7-8-9-10-12-22-48-33-20-19-28(23-31(33)40)26-15-17-27(18-16-26)36(45)49-34-25-30(39)29(24-32(34)41)37(46)50-35(38(42,43)44)14-11-13-21-47-2/h15-20,23-25,35H,3-14,21-22H2,1-2H3/t35-/m1/s1. The van der Waals surface area contributed by atoms with Crippen LogP contribution in [0.25, 0.3) is 11.1 Å². The highest BCUT2D eigenvalue weighted by Gasteiger charge is 2.42. The van der Waals surface area contributed by atoms with Crippen LogP contribution in [0.2, 0.25) is 0 Å². The smallest absolute Gasteiger partial charge is 0.425 e. The highest BCUT2D eigenvalue weighted by atomic mass is 19.4. The summed E-state index contributed by atoms with van der Waals surface area (Å²) in [7, 11) is 1.38. The first-order chi connectivity index (χ1) is 23.9. The first-order valence-corrected chi connectivity index (χ1v) is 16.9. The summed E-state index contributed by atoms with van der Waals surface area (Å²) in [5.74, 6) is -6.91. The first kappa shape index (κ1) is 40.4. The SMILES string of the molecule is CCCCCCCCCCCOc1ccc(-c2ccc(C(=O)Oc3cc(F)c(C(=O)O[C@H](CCCCOC)C(F)(F)F)cc3F)cc2)cc1F. The van der Waals surface area contributed by atoms with Crippen LogP contribution in [0.3, 0.4) is 0 Å². The van der Waals surface area contributed by atoms with Crippen molar-refractivity contribution in [3.63, 3.8) is 0 Å². The average molecular weight is 711 g/mol. The Balaban J connectivity index is 1.54. The fourth-order valence-corrected chi connectivity index (χ4v) is 5.17. The molecule has 0 fully saturated rings. The molecular weight excluding hydrogens is 666 g/mol. The van der Waals surface area contributed by atoms with Crippen molar-refractivity contribution in [2.45, 2.75) is 96.3 Å². The molecule has 3 rings (SSSR count). The molecule has 0 bridgehead atoms. The highest BCUT2D eigenvalue weighted by molar-refractivity contribution is 5.92. The number of halogens is 6. The normalized spacial score (nSPS) is 12.1. The highest BCUT2D eigenvalue weighted by Crippen LogP contribution is 2.30. The van der Waals surface area contributed by atoms with E-state index in [-0.39, 0.29) is 30.8 Å². The van der Waals surface area contributed by atoms with E-state index in [4.69, 9.17) is 14.2 Å². The van der Waals surface area contributed by atoms with Gasteiger partial charge in [0.2, 0.25) is 0 Å². The third-order valence-electron chi connectivity index (χ3n) is 8.01. The van der Waals surface area contributed by atoms with E-state index in [1.807, 2.05) is 0 Å². The second-order valence-electron chi connectivity index (χ2n) is 12.0. The molecule has 0 radical (unpaired) electrons. The van der Waals surface area contributed by atoms with E-state index >= 15 is 0 Å². The Labute approximate surface area is 289 Å². The van der Waals surface area contributed by atoms with Gasteiger partial charge in [-0.25, -0.2) is 22.8 Å². The van der Waals surface area contributed by atoms with Gasteiger partial charge in [0.25, 0.3) is 0 Å². The van der Waals surface area contributed by atoms with Crippen molar-refractivity contribution in [3.8, 4) is 22.6 Å². The number of hydrogen-bond donors (Lipinski definition) is 0. The molecule has 1 atom stereocenters. The molecule has 12 heteroatoms. The molecule has 0 N–H and O–H groups in total. The molecule has 0 spiro atoms. The summed E-state index contributed by atoms with van der Waals surface area (Å²) < 4.78 is 104. The van der Waals surface area contributed by atoms with Crippen LogP contribution in [0.15, 0.2) is 54.6 Å². The zero-order valence-electron chi connectivity index (χ0n) is 28.4. The number of hydrogen-bond acceptors (Lipinski definition) is 6. The Morgan fingerprint density at radius 2 is 1.26 bits per heavy atom. The Kier molecular flexibility index (Phi) is 16.6. The topological polar surface area (TPSA) is 71.1 Å². The van der Waals surface area contributed by atoms with Gasteiger partial charge in [0.1, 0.15) is 5.82 Å². The van der Waals surface area contributed by atoms with Gasteiger partial charge < -0.3 is 18.9 Å². The maximum absolute atomic E-state index is 14.8. The number of alkyl halides is 3. The molecule has 0 saturated carbocycles. The molecule has 0 aliphatic carbocycles. The molecule has 0 amide bonds. The quantitative estimate of drug-likeness (QED) is 0.0474. The van der Waals surface area contributed by atoms with Crippen molar-refractivity contribution in [1.29, 1.82) is 0 Å². The van der Waals surface area contributed by atoms with E-state index in [0.29, 0.717) is 29.9 Å². The Hall–Kier alpha value is -4.06. The number of esters is 2. The predicted octanol–water partition coefficient (Wildman–Crippen LogP) is 10.8. The van der Waals surface area contributed by atoms with E-state index in [1.165, 1.54) is 82.0 Å². The fraction of sp³-hybridized carbons (Fsp3) is 0.474. The van der Waals surface area contributed by atoms with Crippen LogP contribution in [0.4, 0.5) is 26.3 Å². The van der Waals surface area contributed by atoms with Gasteiger partial charge in [-0.15, -0.1) is 0 Å². The molecule has 0 aromatic heterocycles. The molecule has 0 aliphatic rings. The Bertz CT molecular complexity index is 1510. The zero-order chi connectivity index (χ0) is 36.5. The lowest BCUT2D eigenvalue weighted by Gasteiger charge is -2.21. The summed E-state index contributed by atoms with van der Waals surface area (Å²) in [5, 5.41) is 0. The number of carbonyl (C=O) groups is 2. The molecule has 3 aromatic rings. The van der Waals surface area contributed by atoms with Crippen LogP contribution < -0.4 is 9.47 Å². The summed E-state index contributed by atoms with van der Waals surface area (Å²) in [6.45, 7) is 2.81. The van der Waals surface area contributed by atoms with Crippen LogP contribution >= 0.6 is 0 Å². The number of ether oxygens (including phenoxy) is 4. The molecule has 0 unspecified atom stereocenters. The van der Waals surface area contributed by atoms with Crippen LogP contribution in [0.1, 0.15) is 105 Å². The van der Waals surface area contributed by atoms with Gasteiger partial charge >= 0.3 is 18.1 Å². The fourth-order valence-electron chi connectivity index (χ4n) is 5.17. The molecular formula is C38H44F6O6. The summed E-state index contributed by atoms with van der Waals surface area (Å²) in [6.07, 6.45) is 2.70. The predicted molar refractivity (Wildman–Crippen MR) is 177 cm³/mol. The van der Waals surface area contributed by atoms with Crippen LogP contribution in [-0.2, 0) is 9.47 Å². The van der Waals surface area contributed by atoms with E-state index in [1.54, 1.807) is 6.07 Å². The maximum atomic E-state index is 14.8. The lowest BCUT2D eigenvalue weighted by Crippen LogP contribution is -2.34. The lowest BCUT2D eigenvalue weighted by molar-refractivity contribution is -0.206. The van der Waals surface area contributed by atoms with Crippen molar-refractivity contribution in [2.75, 3.05) is 20.3 Å². The van der Waals surface area contributed by atoms with Crippen LogP contribution in [0, 0.1) is 17.5 Å². The van der Waals surface area contributed by atoms with Gasteiger partial charge in [0.05, 0.1) is 17.7 Å².